The van der Waals surface area contributed by atoms with Gasteiger partial charge in [0.05, 0.1) is 12.7 Å². The molecule has 1 aromatic heterocycles. The summed E-state index contributed by atoms with van der Waals surface area (Å²) in [5.41, 5.74) is 2.25. The highest BCUT2D eigenvalue weighted by Crippen LogP contribution is 2.25. The average Bonchev–Trinajstić information content (AvgIpc) is 2.88. The van der Waals surface area contributed by atoms with E-state index in [4.69, 9.17) is 9.15 Å². The predicted molar refractivity (Wildman–Crippen MR) is 85.1 cm³/mol. The summed E-state index contributed by atoms with van der Waals surface area (Å²) in [6.07, 6.45) is 0. The smallest absolute Gasteiger partial charge is 0.255 e. The molecule has 1 amide bonds. The molecule has 0 bridgehead atoms. The van der Waals surface area contributed by atoms with Gasteiger partial charge in [0.2, 0.25) is 0 Å². The van der Waals surface area contributed by atoms with E-state index in [1.807, 2.05) is 48.5 Å². The summed E-state index contributed by atoms with van der Waals surface area (Å²) in [4.78, 5) is 12.5. The maximum Gasteiger partial charge on any atom is 0.255 e. The summed E-state index contributed by atoms with van der Waals surface area (Å²) in [6.45, 7) is 2.21. The second-order valence-electron chi connectivity index (χ2n) is 5.02. The maximum absolute atomic E-state index is 12.5. The zero-order chi connectivity index (χ0) is 15.5. The van der Waals surface area contributed by atoms with Crippen LogP contribution in [-0.4, -0.2) is 13.0 Å². The molecule has 4 heteroatoms. The number of carbonyl (C=O) groups is 1. The van der Waals surface area contributed by atoms with Gasteiger partial charge in [0.1, 0.15) is 17.1 Å². The lowest BCUT2D eigenvalue weighted by atomic mass is 10.1. The van der Waals surface area contributed by atoms with Gasteiger partial charge in [-0.2, -0.15) is 0 Å². The Morgan fingerprint density at radius 1 is 1.14 bits per heavy atom. The number of benzene rings is 2. The summed E-state index contributed by atoms with van der Waals surface area (Å²) in [5.74, 6) is 1.24. The molecule has 3 aromatic rings. The third-order valence-electron chi connectivity index (χ3n) is 3.63. The van der Waals surface area contributed by atoms with Gasteiger partial charge in [-0.25, -0.2) is 0 Å². The molecular weight excluding hydrogens is 278 g/mol. The lowest BCUT2D eigenvalue weighted by Gasteiger charge is -2.09. The van der Waals surface area contributed by atoms with Crippen LogP contribution in [0.2, 0.25) is 0 Å². The van der Waals surface area contributed by atoms with Crippen LogP contribution in [-0.2, 0) is 6.54 Å². The van der Waals surface area contributed by atoms with E-state index >= 15 is 0 Å². The molecule has 0 radical (unpaired) electrons. The number of carbonyl (C=O) groups excluding carboxylic acids is 1. The lowest BCUT2D eigenvalue weighted by molar-refractivity contribution is 0.0950. The van der Waals surface area contributed by atoms with Crippen molar-refractivity contribution in [1.82, 2.24) is 5.32 Å². The fourth-order valence-corrected chi connectivity index (χ4v) is 2.56. The van der Waals surface area contributed by atoms with Crippen LogP contribution < -0.4 is 10.1 Å². The van der Waals surface area contributed by atoms with Crippen LogP contribution in [0, 0.1) is 6.92 Å². The van der Waals surface area contributed by atoms with Crippen LogP contribution >= 0.6 is 0 Å². The third-order valence-corrected chi connectivity index (χ3v) is 3.63. The van der Waals surface area contributed by atoms with Gasteiger partial charge in [-0.05, 0) is 19.1 Å². The van der Waals surface area contributed by atoms with Gasteiger partial charge in [0.25, 0.3) is 5.91 Å². The molecule has 0 saturated heterocycles. The summed E-state index contributed by atoms with van der Waals surface area (Å²) in [7, 11) is 1.62. The largest absolute Gasteiger partial charge is 0.496 e. The number of fused-ring (bicyclic) bond motifs is 1. The lowest BCUT2D eigenvalue weighted by Crippen LogP contribution is -2.23. The summed E-state index contributed by atoms with van der Waals surface area (Å²) >= 11 is 0. The number of amides is 1. The quantitative estimate of drug-likeness (QED) is 0.799. The van der Waals surface area contributed by atoms with E-state index in [9.17, 15) is 4.79 Å². The first-order valence-corrected chi connectivity index (χ1v) is 7.09. The number of para-hydroxylation sites is 2. The fraction of sp³-hybridized carbons (Fsp3) is 0.167. The minimum Gasteiger partial charge on any atom is -0.496 e. The van der Waals surface area contributed by atoms with E-state index in [0.29, 0.717) is 17.9 Å². The van der Waals surface area contributed by atoms with Gasteiger partial charge < -0.3 is 14.5 Å². The van der Waals surface area contributed by atoms with Crippen molar-refractivity contribution < 1.29 is 13.9 Å². The molecule has 2 aromatic carbocycles. The Kier molecular flexibility index (Phi) is 3.83. The number of nitrogens with one attached hydrogen (secondary N) is 1. The van der Waals surface area contributed by atoms with Crippen molar-refractivity contribution in [3.05, 3.63) is 65.4 Å². The van der Waals surface area contributed by atoms with Crippen molar-refractivity contribution in [3.8, 4) is 5.75 Å². The summed E-state index contributed by atoms with van der Waals surface area (Å²) in [5, 5.41) is 3.76. The topological polar surface area (TPSA) is 51.5 Å². The molecule has 4 nitrogen and oxygen atoms in total. The highest BCUT2D eigenvalue weighted by Gasteiger charge is 2.17. The first-order chi connectivity index (χ1) is 10.7. The molecule has 0 atom stereocenters. The molecule has 0 spiro atoms. The Morgan fingerprint density at radius 3 is 2.68 bits per heavy atom. The summed E-state index contributed by atoms with van der Waals surface area (Å²) in [6, 6.07) is 15.2. The van der Waals surface area contributed by atoms with Crippen LogP contribution in [0.4, 0.5) is 0 Å². The van der Waals surface area contributed by atoms with Crippen molar-refractivity contribution in [3.63, 3.8) is 0 Å². The van der Waals surface area contributed by atoms with Gasteiger partial charge in [-0.1, -0.05) is 36.4 Å². The molecule has 0 aliphatic heterocycles. The average molecular weight is 295 g/mol. The first-order valence-electron chi connectivity index (χ1n) is 7.09. The first kappa shape index (κ1) is 14.2. The monoisotopic (exact) mass is 295 g/mol. The van der Waals surface area contributed by atoms with Gasteiger partial charge in [-0.15, -0.1) is 0 Å². The van der Waals surface area contributed by atoms with E-state index in [0.717, 1.165) is 22.3 Å². The van der Waals surface area contributed by atoms with Crippen LogP contribution in [0.3, 0.4) is 0 Å². The number of ether oxygens (including phenoxy) is 1. The van der Waals surface area contributed by atoms with Crippen LogP contribution in [0.5, 0.6) is 5.75 Å². The highest BCUT2D eigenvalue weighted by atomic mass is 16.5. The molecule has 1 heterocycles. The maximum atomic E-state index is 12.5. The number of rotatable bonds is 4. The Morgan fingerprint density at radius 2 is 1.86 bits per heavy atom. The number of aryl methyl sites for hydroxylation is 1. The van der Waals surface area contributed by atoms with E-state index in [1.54, 1.807) is 14.0 Å². The molecule has 0 aliphatic rings. The number of hydrogen-bond acceptors (Lipinski definition) is 3. The summed E-state index contributed by atoms with van der Waals surface area (Å²) < 4.78 is 10.9. The number of hydrogen-bond donors (Lipinski definition) is 1. The zero-order valence-electron chi connectivity index (χ0n) is 12.6. The Labute approximate surface area is 128 Å². The zero-order valence-corrected chi connectivity index (χ0v) is 12.6. The van der Waals surface area contributed by atoms with Gasteiger partial charge >= 0.3 is 0 Å². The Bertz CT molecular complexity index is 820. The minimum atomic E-state index is -0.145. The fourth-order valence-electron chi connectivity index (χ4n) is 2.56. The molecule has 1 N–H and O–H groups in total. The van der Waals surface area contributed by atoms with Crippen molar-refractivity contribution in [2.24, 2.45) is 0 Å². The molecule has 0 fully saturated rings. The van der Waals surface area contributed by atoms with Crippen molar-refractivity contribution in [2.75, 3.05) is 7.11 Å². The van der Waals surface area contributed by atoms with Crippen LogP contribution in [0.25, 0.3) is 11.0 Å². The Hall–Kier alpha value is -2.75. The highest BCUT2D eigenvalue weighted by molar-refractivity contribution is 6.07. The predicted octanol–water partition coefficient (Wildman–Crippen LogP) is 3.68. The molecule has 3 rings (SSSR count). The van der Waals surface area contributed by atoms with E-state index < -0.39 is 0 Å². The molecule has 0 aliphatic carbocycles. The van der Waals surface area contributed by atoms with Crippen molar-refractivity contribution >= 4 is 16.9 Å². The normalized spacial score (nSPS) is 10.6. The molecular formula is C18H17NO3. The number of methoxy groups -OCH3 is 1. The van der Waals surface area contributed by atoms with E-state index in [-0.39, 0.29) is 5.91 Å². The Balaban J connectivity index is 1.83. The van der Waals surface area contributed by atoms with E-state index in [2.05, 4.69) is 5.32 Å². The van der Waals surface area contributed by atoms with Gasteiger partial charge in [-0.3, -0.25) is 4.79 Å². The van der Waals surface area contributed by atoms with Crippen molar-refractivity contribution in [1.29, 1.82) is 0 Å². The van der Waals surface area contributed by atoms with Gasteiger partial charge in [0.15, 0.2) is 0 Å². The SMILES string of the molecule is COc1ccccc1CNC(=O)c1c(C)oc2ccccc12. The third kappa shape index (κ3) is 2.55. The molecule has 0 saturated carbocycles. The second kappa shape index (κ2) is 5.93. The number of furan rings is 1. The van der Waals surface area contributed by atoms with Crippen LogP contribution in [0.1, 0.15) is 21.7 Å². The minimum absolute atomic E-state index is 0.145. The van der Waals surface area contributed by atoms with E-state index in [1.165, 1.54) is 0 Å². The van der Waals surface area contributed by atoms with Crippen LogP contribution in [0.15, 0.2) is 52.9 Å². The second-order valence-corrected chi connectivity index (χ2v) is 5.02. The molecule has 22 heavy (non-hydrogen) atoms. The standard InChI is InChI=1S/C18H17NO3/c1-12-17(14-8-4-6-10-16(14)22-12)18(20)19-11-13-7-3-5-9-15(13)21-2/h3-10H,11H2,1-2H3,(H,19,20). The molecule has 0 unspecified atom stereocenters. The van der Waals surface area contributed by atoms with Gasteiger partial charge in [0, 0.05) is 17.5 Å². The molecule has 112 valence electrons. The van der Waals surface area contributed by atoms with Crippen molar-refractivity contribution in [2.45, 2.75) is 13.5 Å².